The highest BCUT2D eigenvalue weighted by molar-refractivity contribution is 7.16. The molecule has 2 aliphatic rings. The molecule has 174 valence electrons. The zero-order chi connectivity index (χ0) is 23.1. The number of carbonyl (C=O) groups is 1. The molecule has 5 heterocycles. The standard InChI is InChI=1S/C24H26N8OS/c1-30-8-10-32(11-9-30)24(33)31-6-4-16(5-7-31)20-13-18-22(25-14-26-23(18)29-20)28-17-2-3-19-21(12-17)34-15-27-19/h2-4,12-15H,5-11H2,1H3,(H2,25,26,28,29). The number of hydrogen-bond donors (Lipinski definition) is 2. The van der Waals surface area contributed by atoms with Crippen molar-refractivity contribution >= 4 is 55.7 Å². The minimum atomic E-state index is 0.148. The highest BCUT2D eigenvalue weighted by Crippen LogP contribution is 2.30. The van der Waals surface area contributed by atoms with Crippen LogP contribution in [0.15, 0.2) is 42.2 Å². The van der Waals surface area contributed by atoms with Gasteiger partial charge in [-0.05, 0) is 43.3 Å². The number of fused-ring (bicyclic) bond motifs is 2. The fraction of sp³-hybridized carbons (Fsp3) is 0.333. The van der Waals surface area contributed by atoms with Crippen molar-refractivity contribution in [1.29, 1.82) is 0 Å². The second-order valence-electron chi connectivity index (χ2n) is 8.83. The van der Waals surface area contributed by atoms with Crippen LogP contribution in [0.1, 0.15) is 12.1 Å². The van der Waals surface area contributed by atoms with Gasteiger partial charge < -0.3 is 25.0 Å². The van der Waals surface area contributed by atoms with Crippen molar-refractivity contribution in [3.8, 4) is 0 Å². The Balaban J connectivity index is 1.19. The molecule has 1 fully saturated rings. The summed E-state index contributed by atoms with van der Waals surface area (Å²) in [5, 5.41) is 4.38. The van der Waals surface area contributed by atoms with Gasteiger partial charge in [-0.25, -0.2) is 19.7 Å². The third-order valence-electron chi connectivity index (χ3n) is 6.62. The van der Waals surface area contributed by atoms with Gasteiger partial charge in [0.25, 0.3) is 0 Å². The first kappa shape index (κ1) is 21.1. The van der Waals surface area contributed by atoms with Crippen LogP contribution in [0, 0.1) is 0 Å². The summed E-state index contributed by atoms with van der Waals surface area (Å²) in [5.74, 6) is 0.764. The molecule has 0 saturated carbocycles. The Morgan fingerprint density at radius 2 is 1.94 bits per heavy atom. The lowest BCUT2D eigenvalue weighted by molar-refractivity contribution is 0.125. The van der Waals surface area contributed by atoms with Crippen molar-refractivity contribution in [2.75, 3.05) is 51.6 Å². The molecule has 0 spiro atoms. The number of amides is 2. The molecule has 0 unspecified atom stereocenters. The van der Waals surface area contributed by atoms with Crippen LogP contribution in [-0.4, -0.2) is 87.0 Å². The lowest BCUT2D eigenvalue weighted by Gasteiger charge is -2.37. The van der Waals surface area contributed by atoms with Gasteiger partial charge in [0.05, 0.1) is 21.1 Å². The van der Waals surface area contributed by atoms with Crippen LogP contribution in [0.4, 0.5) is 16.3 Å². The van der Waals surface area contributed by atoms with E-state index in [9.17, 15) is 4.79 Å². The van der Waals surface area contributed by atoms with E-state index in [1.807, 2.05) is 27.4 Å². The molecule has 10 heteroatoms. The largest absolute Gasteiger partial charge is 0.340 e. The van der Waals surface area contributed by atoms with E-state index in [0.717, 1.165) is 77.6 Å². The number of urea groups is 1. The van der Waals surface area contributed by atoms with Crippen molar-refractivity contribution in [3.05, 3.63) is 47.9 Å². The Labute approximate surface area is 201 Å². The molecular weight excluding hydrogens is 448 g/mol. The summed E-state index contributed by atoms with van der Waals surface area (Å²) in [5.41, 5.74) is 6.85. The number of nitrogens with zero attached hydrogens (tertiary/aromatic N) is 6. The lowest BCUT2D eigenvalue weighted by Crippen LogP contribution is -2.52. The molecule has 1 saturated heterocycles. The van der Waals surface area contributed by atoms with E-state index in [4.69, 9.17) is 0 Å². The number of aromatic amines is 1. The van der Waals surface area contributed by atoms with E-state index in [2.05, 4.69) is 55.4 Å². The highest BCUT2D eigenvalue weighted by Gasteiger charge is 2.26. The van der Waals surface area contributed by atoms with Crippen molar-refractivity contribution in [3.63, 3.8) is 0 Å². The normalized spacial score (nSPS) is 17.4. The molecule has 0 atom stereocenters. The van der Waals surface area contributed by atoms with Gasteiger partial charge in [0, 0.05) is 50.6 Å². The summed E-state index contributed by atoms with van der Waals surface area (Å²) >= 11 is 1.62. The zero-order valence-corrected chi connectivity index (χ0v) is 19.8. The topological polar surface area (TPSA) is 93.3 Å². The molecule has 34 heavy (non-hydrogen) atoms. The Morgan fingerprint density at radius 3 is 2.76 bits per heavy atom. The molecule has 6 rings (SSSR count). The van der Waals surface area contributed by atoms with Gasteiger partial charge in [0.2, 0.25) is 0 Å². The number of hydrogen-bond acceptors (Lipinski definition) is 7. The number of piperazine rings is 1. The van der Waals surface area contributed by atoms with Gasteiger partial charge in [0.15, 0.2) is 0 Å². The number of rotatable bonds is 3. The maximum atomic E-state index is 12.9. The predicted molar refractivity (Wildman–Crippen MR) is 135 cm³/mol. The van der Waals surface area contributed by atoms with Crippen LogP contribution in [0.25, 0.3) is 26.8 Å². The van der Waals surface area contributed by atoms with Gasteiger partial charge >= 0.3 is 6.03 Å². The van der Waals surface area contributed by atoms with E-state index in [1.54, 1.807) is 17.7 Å². The average molecular weight is 475 g/mol. The smallest absolute Gasteiger partial charge is 0.320 e. The summed E-state index contributed by atoms with van der Waals surface area (Å²) in [6, 6.07) is 8.36. The third kappa shape index (κ3) is 3.99. The number of nitrogens with one attached hydrogen (secondary N) is 2. The van der Waals surface area contributed by atoms with Crippen LogP contribution in [0.5, 0.6) is 0 Å². The summed E-state index contributed by atoms with van der Waals surface area (Å²) in [4.78, 5) is 35.8. The van der Waals surface area contributed by atoms with Crippen LogP contribution in [0.3, 0.4) is 0 Å². The highest BCUT2D eigenvalue weighted by atomic mass is 32.1. The third-order valence-corrected chi connectivity index (χ3v) is 7.41. The maximum absolute atomic E-state index is 12.9. The number of benzene rings is 1. The summed E-state index contributed by atoms with van der Waals surface area (Å²) in [6.45, 7) is 4.82. The van der Waals surface area contributed by atoms with Crippen LogP contribution in [-0.2, 0) is 0 Å². The molecule has 2 aliphatic heterocycles. The number of likely N-dealkylation sites (N-methyl/N-ethyl adjacent to an activating group) is 1. The minimum Gasteiger partial charge on any atom is -0.340 e. The number of anilines is 2. The Morgan fingerprint density at radius 1 is 1.06 bits per heavy atom. The quantitative estimate of drug-likeness (QED) is 0.470. The fourth-order valence-electron chi connectivity index (χ4n) is 4.57. The molecule has 0 bridgehead atoms. The SMILES string of the molecule is CN1CCN(C(=O)N2CC=C(c3cc4c(Nc5ccc6ncsc6c5)ncnc4[nH]3)CC2)CC1. The number of aromatic nitrogens is 4. The minimum absolute atomic E-state index is 0.148. The molecule has 4 aromatic rings. The molecule has 3 aromatic heterocycles. The lowest BCUT2D eigenvalue weighted by atomic mass is 10.0. The second-order valence-corrected chi connectivity index (χ2v) is 9.71. The molecule has 0 aliphatic carbocycles. The molecule has 1 aromatic carbocycles. The predicted octanol–water partition coefficient (Wildman–Crippen LogP) is 3.77. The first-order chi connectivity index (χ1) is 16.6. The van der Waals surface area contributed by atoms with Gasteiger partial charge in [-0.1, -0.05) is 6.08 Å². The molecule has 9 nitrogen and oxygen atoms in total. The van der Waals surface area contributed by atoms with E-state index < -0.39 is 0 Å². The molecule has 2 amide bonds. The van der Waals surface area contributed by atoms with Crippen molar-refractivity contribution < 1.29 is 4.79 Å². The van der Waals surface area contributed by atoms with E-state index in [1.165, 1.54) is 5.57 Å². The Hall–Kier alpha value is -3.50. The van der Waals surface area contributed by atoms with E-state index >= 15 is 0 Å². The van der Waals surface area contributed by atoms with E-state index in [-0.39, 0.29) is 6.03 Å². The number of thiazole rings is 1. The molecular formula is C24H26N8OS. The van der Waals surface area contributed by atoms with Crippen molar-refractivity contribution in [2.24, 2.45) is 0 Å². The Kier molecular flexibility index (Phi) is 5.39. The number of H-pyrrole nitrogens is 1. The van der Waals surface area contributed by atoms with Crippen molar-refractivity contribution in [1.82, 2.24) is 34.6 Å². The van der Waals surface area contributed by atoms with Gasteiger partial charge in [-0.2, -0.15) is 0 Å². The van der Waals surface area contributed by atoms with Crippen molar-refractivity contribution in [2.45, 2.75) is 6.42 Å². The van der Waals surface area contributed by atoms with E-state index in [0.29, 0.717) is 6.54 Å². The van der Waals surface area contributed by atoms with Crippen LogP contribution < -0.4 is 5.32 Å². The first-order valence-electron chi connectivity index (χ1n) is 11.5. The van der Waals surface area contributed by atoms with Crippen LogP contribution >= 0.6 is 11.3 Å². The zero-order valence-electron chi connectivity index (χ0n) is 19.0. The summed E-state index contributed by atoms with van der Waals surface area (Å²) in [6.07, 6.45) is 4.53. The maximum Gasteiger partial charge on any atom is 0.320 e. The average Bonchev–Trinajstić information content (AvgIpc) is 3.52. The Bertz CT molecular complexity index is 1380. The van der Waals surface area contributed by atoms with Gasteiger partial charge in [-0.3, -0.25) is 0 Å². The van der Waals surface area contributed by atoms with Crippen LogP contribution in [0.2, 0.25) is 0 Å². The molecule has 2 N–H and O–H groups in total. The van der Waals surface area contributed by atoms with Gasteiger partial charge in [0.1, 0.15) is 17.8 Å². The molecule has 0 radical (unpaired) electrons. The second kappa shape index (κ2) is 8.69. The fourth-order valence-corrected chi connectivity index (χ4v) is 5.28. The first-order valence-corrected chi connectivity index (χ1v) is 12.4. The number of carbonyl (C=O) groups excluding carboxylic acids is 1. The summed E-state index contributed by atoms with van der Waals surface area (Å²) < 4.78 is 1.13. The summed E-state index contributed by atoms with van der Waals surface area (Å²) in [7, 11) is 2.10. The van der Waals surface area contributed by atoms with Gasteiger partial charge in [-0.15, -0.1) is 11.3 Å². The monoisotopic (exact) mass is 474 g/mol.